The van der Waals surface area contributed by atoms with Crippen LogP contribution >= 0.6 is 11.8 Å². The van der Waals surface area contributed by atoms with Gasteiger partial charge < -0.3 is 10.6 Å². The van der Waals surface area contributed by atoms with Crippen molar-refractivity contribution < 1.29 is 19.7 Å². The van der Waals surface area contributed by atoms with Crippen molar-refractivity contribution in [3.05, 3.63) is 29.3 Å². The van der Waals surface area contributed by atoms with Crippen LogP contribution in [0, 0.1) is 11.8 Å². The third-order valence-electron chi connectivity index (χ3n) is 7.75. The molecule has 6 nitrogen and oxygen atoms in total. The number of nitrogens with zero attached hydrogens (tertiary/aromatic N) is 1. The number of carbonyl (C=O) groups excluding carboxylic acids is 3. The van der Waals surface area contributed by atoms with Crippen molar-refractivity contribution in [2.45, 2.75) is 63.1 Å². The summed E-state index contributed by atoms with van der Waals surface area (Å²) in [6, 6.07) is 5.95. The molecule has 30 heavy (non-hydrogen) atoms. The van der Waals surface area contributed by atoms with Gasteiger partial charge in [-0.1, -0.05) is 38.0 Å². The third kappa shape index (κ3) is 2.57. The minimum Gasteiger partial charge on any atom is -0.326 e. The Morgan fingerprint density at radius 3 is 2.67 bits per heavy atom. The highest BCUT2D eigenvalue weighted by Crippen LogP contribution is 2.51. The summed E-state index contributed by atoms with van der Waals surface area (Å²) in [5.74, 6) is -0.393. The standard InChI is InChI=1S/C23H29N3O3S/c1-3-13-7-6-10-15-19(13)24-22(29)23(15)18-17(16(25-23)11-12-30-2)20(27)26(21(18)28)14-8-4-5-9-14/h6-7,10,14,16-18,25H,3-5,8-9,11-12H2,1-2H3,(H,24,29)/p+1/t16-,17+,18-,23+/m0/s1. The third-order valence-corrected chi connectivity index (χ3v) is 8.39. The van der Waals surface area contributed by atoms with Gasteiger partial charge in [0, 0.05) is 18.0 Å². The lowest BCUT2D eigenvalue weighted by atomic mass is 9.76. The molecule has 1 aliphatic carbocycles. The lowest BCUT2D eigenvalue weighted by Crippen LogP contribution is -2.99. The van der Waals surface area contributed by atoms with Crippen LogP contribution in [-0.2, 0) is 26.3 Å². The predicted molar refractivity (Wildman–Crippen MR) is 116 cm³/mol. The van der Waals surface area contributed by atoms with Crippen LogP contribution in [0.2, 0.25) is 0 Å². The number of quaternary nitrogens is 1. The number of aryl methyl sites for hydroxylation is 1. The molecule has 0 aromatic heterocycles. The maximum Gasteiger partial charge on any atom is 0.291 e. The van der Waals surface area contributed by atoms with Crippen LogP contribution in [0.4, 0.5) is 5.69 Å². The van der Waals surface area contributed by atoms with Crippen LogP contribution in [0.25, 0.3) is 0 Å². The van der Waals surface area contributed by atoms with Crippen molar-refractivity contribution in [1.29, 1.82) is 0 Å². The Labute approximate surface area is 181 Å². The smallest absolute Gasteiger partial charge is 0.291 e. The Morgan fingerprint density at radius 2 is 1.97 bits per heavy atom. The van der Waals surface area contributed by atoms with E-state index in [0.717, 1.165) is 61.1 Å². The number of hydrogen-bond donors (Lipinski definition) is 2. The second-order valence-corrected chi connectivity index (χ2v) is 10.1. The van der Waals surface area contributed by atoms with Crippen LogP contribution in [0.5, 0.6) is 0 Å². The van der Waals surface area contributed by atoms with E-state index in [-0.39, 0.29) is 29.8 Å². The monoisotopic (exact) mass is 428 g/mol. The van der Waals surface area contributed by atoms with Crippen molar-refractivity contribution in [3.63, 3.8) is 0 Å². The van der Waals surface area contributed by atoms with Gasteiger partial charge in [0.2, 0.25) is 17.4 Å². The van der Waals surface area contributed by atoms with E-state index in [4.69, 9.17) is 0 Å². The maximum absolute atomic E-state index is 13.8. The van der Waals surface area contributed by atoms with Crippen molar-refractivity contribution >= 4 is 35.2 Å². The fourth-order valence-corrected chi connectivity index (χ4v) is 6.92. The predicted octanol–water partition coefficient (Wildman–Crippen LogP) is 1.64. The van der Waals surface area contributed by atoms with Crippen molar-refractivity contribution in [2.75, 3.05) is 17.3 Å². The Bertz CT molecular complexity index is 913. The van der Waals surface area contributed by atoms with E-state index in [9.17, 15) is 14.4 Å². The molecular weight excluding hydrogens is 398 g/mol. The first-order chi connectivity index (χ1) is 14.5. The molecule has 1 aromatic carbocycles. The summed E-state index contributed by atoms with van der Waals surface area (Å²) >= 11 is 1.74. The van der Waals surface area contributed by atoms with Gasteiger partial charge in [-0.15, -0.1) is 0 Å². The maximum atomic E-state index is 13.8. The zero-order valence-electron chi connectivity index (χ0n) is 17.6. The molecule has 2 saturated heterocycles. The summed E-state index contributed by atoms with van der Waals surface area (Å²) in [6.07, 6.45) is 7.60. The number of amides is 3. The minimum absolute atomic E-state index is 0.0137. The summed E-state index contributed by atoms with van der Waals surface area (Å²) in [5.41, 5.74) is 1.81. The molecule has 1 aromatic rings. The van der Waals surface area contributed by atoms with Gasteiger partial charge in [-0.2, -0.15) is 11.8 Å². The van der Waals surface area contributed by atoms with Crippen LogP contribution in [0.3, 0.4) is 0 Å². The molecular formula is C23H30N3O3S+. The molecule has 7 heteroatoms. The van der Waals surface area contributed by atoms with Gasteiger partial charge in [-0.3, -0.25) is 19.3 Å². The normalized spacial score (nSPS) is 32.9. The van der Waals surface area contributed by atoms with Gasteiger partial charge in [-0.25, -0.2) is 0 Å². The number of fused-ring (bicyclic) bond motifs is 4. The zero-order valence-corrected chi connectivity index (χ0v) is 18.5. The van der Waals surface area contributed by atoms with Gasteiger partial charge in [0.25, 0.3) is 5.91 Å². The highest BCUT2D eigenvalue weighted by Gasteiger charge is 2.74. The highest BCUT2D eigenvalue weighted by molar-refractivity contribution is 7.98. The number of nitrogens with two attached hydrogens (primary N) is 1. The number of rotatable bonds is 5. The summed E-state index contributed by atoms with van der Waals surface area (Å²) in [6.45, 7) is 2.07. The molecule has 4 atom stereocenters. The van der Waals surface area contributed by atoms with Gasteiger partial charge in [0.05, 0.1) is 5.69 Å². The molecule has 3 aliphatic heterocycles. The number of carbonyl (C=O) groups is 3. The topological polar surface area (TPSA) is 83.1 Å². The Balaban J connectivity index is 1.63. The number of hydrogen-bond acceptors (Lipinski definition) is 4. The number of likely N-dealkylation sites (tertiary alicyclic amines) is 1. The van der Waals surface area contributed by atoms with E-state index in [1.807, 2.05) is 18.2 Å². The molecule has 3 fully saturated rings. The first-order valence-electron chi connectivity index (χ1n) is 11.2. The lowest BCUT2D eigenvalue weighted by molar-refractivity contribution is -0.733. The Hall–Kier alpha value is -1.86. The molecule has 0 bridgehead atoms. The molecule has 160 valence electrons. The van der Waals surface area contributed by atoms with E-state index >= 15 is 0 Å². The lowest BCUT2D eigenvalue weighted by Gasteiger charge is -2.28. The number of anilines is 1. The van der Waals surface area contributed by atoms with Crippen molar-refractivity contribution in [1.82, 2.24) is 4.90 Å². The van der Waals surface area contributed by atoms with Crippen molar-refractivity contribution in [2.24, 2.45) is 11.8 Å². The van der Waals surface area contributed by atoms with Gasteiger partial charge in [0.1, 0.15) is 17.9 Å². The number of benzene rings is 1. The quantitative estimate of drug-likeness (QED) is 0.699. The first kappa shape index (κ1) is 20.1. The molecule has 3 heterocycles. The Kier molecular flexibility index (Phi) is 4.93. The van der Waals surface area contributed by atoms with E-state index in [1.54, 1.807) is 16.7 Å². The fourth-order valence-electron chi connectivity index (χ4n) is 6.41. The van der Waals surface area contributed by atoms with Crippen LogP contribution in [0.15, 0.2) is 18.2 Å². The van der Waals surface area contributed by atoms with E-state index < -0.39 is 17.4 Å². The second-order valence-electron chi connectivity index (χ2n) is 9.12. The van der Waals surface area contributed by atoms with Gasteiger partial charge in [0.15, 0.2) is 0 Å². The van der Waals surface area contributed by atoms with Crippen LogP contribution < -0.4 is 10.6 Å². The largest absolute Gasteiger partial charge is 0.326 e. The zero-order chi connectivity index (χ0) is 21.0. The van der Waals surface area contributed by atoms with Crippen LogP contribution in [-0.4, -0.2) is 46.7 Å². The van der Waals surface area contributed by atoms with E-state index in [0.29, 0.717) is 0 Å². The number of imide groups is 1. The van der Waals surface area contributed by atoms with E-state index in [1.165, 1.54) is 0 Å². The fraction of sp³-hybridized carbons (Fsp3) is 0.609. The summed E-state index contributed by atoms with van der Waals surface area (Å²) < 4.78 is 0. The average Bonchev–Trinajstić information content (AvgIpc) is 3.48. The molecule has 3 amide bonds. The molecule has 1 spiro atoms. The number of nitrogens with one attached hydrogen (secondary N) is 1. The number of thioether (sulfide) groups is 1. The summed E-state index contributed by atoms with van der Waals surface area (Å²) in [5, 5.41) is 5.17. The number of para-hydroxylation sites is 1. The molecule has 3 N–H and O–H groups in total. The highest BCUT2D eigenvalue weighted by atomic mass is 32.2. The molecule has 5 rings (SSSR count). The molecule has 4 aliphatic rings. The average molecular weight is 429 g/mol. The molecule has 0 radical (unpaired) electrons. The second kappa shape index (κ2) is 7.38. The summed E-state index contributed by atoms with van der Waals surface area (Å²) in [7, 11) is 0. The molecule has 1 saturated carbocycles. The van der Waals surface area contributed by atoms with Gasteiger partial charge >= 0.3 is 0 Å². The molecule has 0 unspecified atom stereocenters. The summed E-state index contributed by atoms with van der Waals surface area (Å²) in [4.78, 5) is 42.5. The SMILES string of the molecule is CCc1cccc2c1NC(=O)[C@@]21[NH2+][C@@H](CCSC)[C@H]2C(=O)N(C3CCCC3)C(=O)[C@H]21. The minimum atomic E-state index is -1.02. The first-order valence-corrected chi connectivity index (χ1v) is 12.6. The van der Waals surface area contributed by atoms with Crippen LogP contribution in [0.1, 0.15) is 50.2 Å². The van der Waals surface area contributed by atoms with Gasteiger partial charge in [-0.05, 0) is 36.8 Å². The van der Waals surface area contributed by atoms with Crippen molar-refractivity contribution in [3.8, 4) is 0 Å². The van der Waals surface area contributed by atoms with E-state index in [2.05, 4.69) is 23.8 Å². The Morgan fingerprint density at radius 1 is 1.20 bits per heavy atom.